The van der Waals surface area contributed by atoms with Gasteiger partial charge in [-0.2, -0.15) is 0 Å². The molecule has 7 nitrogen and oxygen atoms in total. The molecule has 1 aliphatic rings. The lowest BCUT2D eigenvalue weighted by Gasteiger charge is -2.38. The zero-order valence-corrected chi connectivity index (χ0v) is 10.6. The fourth-order valence-corrected chi connectivity index (χ4v) is 1.94. The van der Waals surface area contributed by atoms with Crippen LogP contribution in [0.2, 0.25) is 0 Å². The van der Waals surface area contributed by atoms with Crippen molar-refractivity contribution in [3.05, 3.63) is 42.5 Å². The summed E-state index contributed by atoms with van der Waals surface area (Å²) in [6.07, 6.45) is 4.96. The van der Waals surface area contributed by atoms with Crippen molar-refractivity contribution in [2.75, 3.05) is 18.0 Å². The molecule has 0 spiro atoms. The number of hydrogen-bond donors (Lipinski definition) is 1. The predicted molar refractivity (Wildman–Crippen MR) is 71.4 cm³/mol. The van der Waals surface area contributed by atoms with E-state index in [1.54, 1.807) is 30.6 Å². The number of carbonyl (C=O) groups is 1. The number of nitrogens with zero attached hydrogens (tertiary/aromatic N) is 4. The Morgan fingerprint density at radius 1 is 1.25 bits per heavy atom. The highest BCUT2D eigenvalue weighted by atomic mass is 16.5. The van der Waals surface area contributed by atoms with Gasteiger partial charge in [0, 0.05) is 24.7 Å². The summed E-state index contributed by atoms with van der Waals surface area (Å²) in [5.41, 5.74) is 5.38. The predicted octanol–water partition coefficient (Wildman–Crippen LogP) is 0.238. The van der Waals surface area contributed by atoms with Crippen molar-refractivity contribution in [1.29, 1.82) is 0 Å². The van der Waals surface area contributed by atoms with E-state index in [9.17, 15) is 4.79 Å². The van der Waals surface area contributed by atoms with Crippen LogP contribution in [0.15, 0.2) is 36.8 Å². The fraction of sp³-hybridized carbons (Fsp3) is 0.231. The molecule has 2 aromatic rings. The third-order valence-electron chi connectivity index (χ3n) is 2.97. The molecule has 0 aromatic carbocycles. The van der Waals surface area contributed by atoms with Gasteiger partial charge in [-0.25, -0.2) is 9.97 Å². The Morgan fingerprint density at radius 2 is 2.00 bits per heavy atom. The minimum absolute atomic E-state index is 0.0435. The Balaban J connectivity index is 1.59. The molecule has 2 aromatic heterocycles. The molecular formula is C13H13N5O2. The van der Waals surface area contributed by atoms with Gasteiger partial charge in [0.05, 0.1) is 13.1 Å². The van der Waals surface area contributed by atoms with Gasteiger partial charge in [-0.15, -0.1) is 0 Å². The summed E-state index contributed by atoms with van der Waals surface area (Å²) in [6, 6.07) is 5.03. The van der Waals surface area contributed by atoms with Crippen molar-refractivity contribution in [2.24, 2.45) is 5.73 Å². The fourth-order valence-electron chi connectivity index (χ4n) is 1.94. The average Bonchev–Trinajstić information content (AvgIpc) is 2.43. The molecule has 0 radical (unpaired) electrons. The van der Waals surface area contributed by atoms with E-state index >= 15 is 0 Å². The quantitative estimate of drug-likeness (QED) is 0.856. The van der Waals surface area contributed by atoms with Crippen LogP contribution in [0.1, 0.15) is 10.5 Å². The maximum Gasteiger partial charge on any atom is 0.267 e. The van der Waals surface area contributed by atoms with E-state index in [-0.39, 0.29) is 11.8 Å². The second kappa shape index (κ2) is 5.12. The average molecular weight is 271 g/mol. The summed E-state index contributed by atoms with van der Waals surface area (Å²) in [5.74, 6) is 0.718. The smallest absolute Gasteiger partial charge is 0.267 e. The SMILES string of the molecule is NC(=O)c1cc(OC2CN(c3ncccn3)C2)ccn1. The number of nitrogens with two attached hydrogens (primary N) is 1. The molecule has 0 unspecified atom stereocenters. The Labute approximate surface area is 115 Å². The monoisotopic (exact) mass is 271 g/mol. The van der Waals surface area contributed by atoms with Crippen LogP contribution in [0.4, 0.5) is 5.95 Å². The number of amides is 1. The summed E-state index contributed by atoms with van der Waals surface area (Å²) in [7, 11) is 0. The lowest BCUT2D eigenvalue weighted by molar-refractivity contribution is 0.0994. The van der Waals surface area contributed by atoms with Gasteiger partial charge in [-0.05, 0) is 12.1 Å². The lowest BCUT2D eigenvalue weighted by atomic mass is 10.2. The number of ether oxygens (including phenoxy) is 1. The Bertz CT molecular complexity index is 613. The Kier molecular flexibility index (Phi) is 3.16. The summed E-state index contributed by atoms with van der Waals surface area (Å²) in [5, 5.41) is 0. The zero-order valence-electron chi connectivity index (χ0n) is 10.6. The molecule has 102 valence electrons. The Hall–Kier alpha value is -2.70. The first-order valence-electron chi connectivity index (χ1n) is 6.17. The summed E-state index contributed by atoms with van der Waals surface area (Å²) in [6.45, 7) is 1.41. The van der Waals surface area contributed by atoms with Gasteiger partial charge in [0.1, 0.15) is 17.5 Å². The first-order valence-corrected chi connectivity index (χ1v) is 6.17. The van der Waals surface area contributed by atoms with Gasteiger partial charge in [0.25, 0.3) is 5.91 Å². The van der Waals surface area contributed by atoms with Gasteiger partial charge in [0.2, 0.25) is 5.95 Å². The van der Waals surface area contributed by atoms with E-state index in [2.05, 4.69) is 15.0 Å². The highest BCUT2D eigenvalue weighted by Gasteiger charge is 2.30. The summed E-state index contributed by atoms with van der Waals surface area (Å²) >= 11 is 0. The molecular weight excluding hydrogens is 258 g/mol. The number of rotatable bonds is 4. The first kappa shape index (κ1) is 12.3. The standard InChI is InChI=1S/C13H13N5O2/c14-12(19)11-6-9(2-5-15-11)20-10-7-18(8-10)13-16-3-1-4-17-13/h1-6,10H,7-8H2,(H2,14,19). The van der Waals surface area contributed by atoms with E-state index in [1.165, 1.54) is 6.20 Å². The molecule has 1 saturated heterocycles. The number of carbonyl (C=O) groups excluding carboxylic acids is 1. The van der Waals surface area contributed by atoms with Crippen LogP contribution < -0.4 is 15.4 Å². The molecule has 1 amide bonds. The highest BCUT2D eigenvalue weighted by Crippen LogP contribution is 2.21. The van der Waals surface area contributed by atoms with Crippen molar-refractivity contribution < 1.29 is 9.53 Å². The van der Waals surface area contributed by atoms with E-state index < -0.39 is 5.91 Å². The van der Waals surface area contributed by atoms with E-state index in [4.69, 9.17) is 10.5 Å². The molecule has 7 heteroatoms. The molecule has 0 saturated carbocycles. The molecule has 0 bridgehead atoms. The topological polar surface area (TPSA) is 94.2 Å². The summed E-state index contributed by atoms with van der Waals surface area (Å²) < 4.78 is 5.75. The lowest BCUT2D eigenvalue weighted by Crippen LogP contribution is -2.54. The van der Waals surface area contributed by atoms with Crippen LogP contribution in [0.5, 0.6) is 5.75 Å². The van der Waals surface area contributed by atoms with Crippen molar-refractivity contribution in [3.8, 4) is 5.75 Å². The van der Waals surface area contributed by atoms with Crippen LogP contribution in [0, 0.1) is 0 Å². The van der Waals surface area contributed by atoms with Crippen LogP contribution in [-0.2, 0) is 0 Å². The summed E-state index contributed by atoms with van der Waals surface area (Å²) in [4.78, 5) is 25.3. The maximum absolute atomic E-state index is 11.0. The van der Waals surface area contributed by atoms with Crippen LogP contribution >= 0.6 is 0 Å². The van der Waals surface area contributed by atoms with Crippen LogP contribution in [0.3, 0.4) is 0 Å². The zero-order chi connectivity index (χ0) is 13.9. The molecule has 0 atom stereocenters. The van der Waals surface area contributed by atoms with Gasteiger partial charge >= 0.3 is 0 Å². The number of anilines is 1. The van der Waals surface area contributed by atoms with Gasteiger partial charge in [-0.3, -0.25) is 9.78 Å². The molecule has 2 N–H and O–H groups in total. The first-order chi connectivity index (χ1) is 9.72. The second-order valence-corrected chi connectivity index (χ2v) is 4.43. The van der Waals surface area contributed by atoms with Crippen molar-refractivity contribution in [3.63, 3.8) is 0 Å². The molecule has 1 fully saturated rings. The molecule has 0 aliphatic carbocycles. The van der Waals surface area contributed by atoms with Gasteiger partial charge < -0.3 is 15.4 Å². The normalized spacial score (nSPS) is 14.7. The molecule has 3 heterocycles. The van der Waals surface area contributed by atoms with E-state index in [0.29, 0.717) is 24.8 Å². The number of primary amides is 1. The molecule has 3 rings (SSSR count). The van der Waals surface area contributed by atoms with E-state index in [1.807, 2.05) is 4.90 Å². The maximum atomic E-state index is 11.0. The third-order valence-corrected chi connectivity index (χ3v) is 2.97. The minimum atomic E-state index is -0.566. The number of hydrogen-bond acceptors (Lipinski definition) is 6. The largest absolute Gasteiger partial charge is 0.487 e. The number of pyridine rings is 1. The van der Waals surface area contributed by atoms with Crippen molar-refractivity contribution >= 4 is 11.9 Å². The molecule has 1 aliphatic heterocycles. The Morgan fingerprint density at radius 3 is 2.70 bits per heavy atom. The third kappa shape index (κ3) is 2.51. The van der Waals surface area contributed by atoms with E-state index in [0.717, 1.165) is 0 Å². The van der Waals surface area contributed by atoms with Crippen molar-refractivity contribution in [1.82, 2.24) is 15.0 Å². The van der Waals surface area contributed by atoms with Crippen molar-refractivity contribution in [2.45, 2.75) is 6.10 Å². The second-order valence-electron chi connectivity index (χ2n) is 4.43. The van der Waals surface area contributed by atoms with Gasteiger partial charge in [-0.1, -0.05) is 0 Å². The number of aromatic nitrogens is 3. The van der Waals surface area contributed by atoms with Crippen LogP contribution in [0.25, 0.3) is 0 Å². The minimum Gasteiger partial charge on any atom is -0.487 e. The van der Waals surface area contributed by atoms with Gasteiger partial charge in [0.15, 0.2) is 0 Å². The molecule has 20 heavy (non-hydrogen) atoms. The van der Waals surface area contributed by atoms with Crippen LogP contribution in [-0.4, -0.2) is 40.1 Å². The highest BCUT2D eigenvalue weighted by molar-refractivity contribution is 5.91.